The van der Waals surface area contributed by atoms with E-state index in [1.807, 2.05) is 30.0 Å². The van der Waals surface area contributed by atoms with Gasteiger partial charge in [-0.3, -0.25) is 4.90 Å². The summed E-state index contributed by atoms with van der Waals surface area (Å²) in [4.78, 5) is 2.44. The molecule has 0 radical (unpaired) electrons. The van der Waals surface area contributed by atoms with Crippen molar-refractivity contribution in [1.82, 2.24) is 4.90 Å². The van der Waals surface area contributed by atoms with Crippen LogP contribution in [0, 0.1) is 0 Å². The van der Waals surface area contributed by atoms with Gasteiger partial charge in [0.25, 0.3) is 0 Å². The van der Waals surface area contributed by atoms with E-state index in [1.165, 1.54) is 25.0 Å². The predicted octanol–water partition coefficient (Wildman–Crippen LogP) is 5.81. The van der Waals surface area contributed by atoms with Crippen molar-refractivity contribution in [2.24, 2.45) is 0 Å². The molecule has 1 aliphatic heterocycles. The van der Waals surface area contributed by atoms with Crippen LogP contribution in [0.25, 0.3) is 0 Å². The zero-order valence-corrected chi connectivity index (χ0v) is 16.3. The third-order valence-corrected chi connectivity index (χ3v) is 6.16. The first-order valence-corrected chi connectivity index (χ1v) is 10.0. The molecule has 1 heterocycles. The average Bonchev–Trinajstić information content (AvgIpc) is 3.01. The fourth-order valence-corrected chi connectivity index (χ4v) is 4.93. The number of nitrogens with zero attached hydrogens (tertiary/aromatic N) is 1. The maximum Gasteiger partial charge on any atom is 0.0984 e. The van der Waals surface area contributed by atoms with Crippen molar-refractivity contribution < 1.29 is 4.74 Å². The van der Waals surface area contributed by atoms with Gasteiger partial charge in [-0.05, 0) is 25.0 Å². The second-order valence-corrected chi connectivity index (χ2v) is 8.02. The van der Waals surface area contributed by atoms with Crippen molar-refractivity contribution in [2.75, 3.05) is 24.7 Å². The molecule has 0 bridgehead atoms. The first kappa shape index (κ1) is 19.7. The number of hydrogen-bond acceptors (Lipinski definition) is 3. The number of halogens is 3. The number of rotatable bonds is 5. The smallest absolute Gasteiger partial charge is 0.0984 e. The largest absolute Gasteiger partial charge is 0.369 e. The standard InChI is InChI=1S/C17H23Cl2NOS.ClH/c18-14-7-4-8-15(19)17(14)16(11-20-9-10-22-12-20)21-13-5-2-1-3-6-13;/h4,7-8,13,16H,1-3,5-6,9-12H2;1H. The Labute approximate surface area is 159 Å². The van der Waals surface area contributed by atoms with Gasteiger partial charge in [0.15, 0.2) is 0 Å². The van der Waals surface area contributed by atoms with Gasteiger partial charge in [0.2, 0.25) is 0 Å². The Morgan fingerprint density at radius 3 is 2.48 bits per heavy atom. The molecule has 1 saturated heterocycles. The van der Waals surface area contributed by atoms with Crippen LogP contribution in [0.1, 0.15) is 43.8 Å². The zero-order valence-electron chi connectivity index (χ0n) is 13.2. The Kier molecular flexibility index (Phi) is 8.34. The van der Waals surface area contributed by atoms with Gasteiger partial charge >= 0.3 is 0 Å². The minimum atomic E-state index is -0.0250. The van der Waals surface area contributed by atoms with Crippen molar-refractivity contribution in [1.29, 1.82) is 0 Å². The molecule has 0 amide bonds. The molecular weight excluding hydrogens is 373 g/mol. The number of benzene rings is 1. The fourth-order valence-electron chi connectivity index (χ4n) is 3.28. The van der Waals surface area contributed by atoms with E-state index in [9.17, 15) is 0 Å². The van der Waals surface area contributed by atoms with Crippen LogP contribution in [0.5, 0.6) is 0 Å². The summed E-state index contributed by atoms with van der Waals surface area (Å²) in [5, 5.41) is 1.44. The molecule has 0 N–H and O–H groups in total. The minimum absolute atomic E-state index is 0. The molecule has 1 unspecified atom stereocenters. The van der Waals surface area contributed by atoms with Crippen LogP contribution in [-0.4, -0.2) is 35.7 Å². The number of ether oxygens (including phenoxy) is 1. The van der Waals surface area contributed by atoms with Crippen molar-refractivity contribution in [3.63, 3.8) is 0 Å². The molecule has 1 aromatic rings. The number of thioether (sulfide) groups is 1. The van der Waals surface area contributed by atoms with Crippen LogP contribution < -0.4 is 0 Å². The summed E-state index contributed by atoms with van der Waals surface area (Å²) >= 11 is 14.9. The average molecular weight is 397 g/mol. The lowest BCUT2D eigenvalue weighted by atomic mass is 9.97. The third-order valence-electron chi connectivity index (χ3n) is 4.48. The second-order valence-electron chi connectivity index (χ2n) is 6.13. The molecule has 1 aromatic carbocycles. The molecule has 1 aliphatic carbocycles. The van der Waals surface area contributed by atoms with Gasteiger partial charge in [0.05, 0.1) is 12.2 Å². The highest BCUT2D eigenvalue weighted by Crippen LogP contribution is 2.36. The lowest BCUT2D eigenvalue weighted by molar-refractivity contribution is -0.0427. The van der Waals surface area contributed by atoms with E-state index >= 15 is 0 Å². The maximum atomic E-state index is 6.48. The van der Waals surface area contributed by atoms with Crippen LogP contribution >= 0.6 is 47.4 Å². The summed E-state index contributed by atoms with van der Waals surface area (Å²) in [6.07, 6.45) is 6.52. The van der Waals surface area contributed by atoms with Gasteiger partial charge in [-0.1, -0.05) is 48.5 Å². The summed E-state index contributed by atoms with van der Waals surface area (Å²) in [5.41, 5.74) is 0.966. The van der Waals surface area contributed by atoms with Gasteiger partial charge in [0.1, 0.15) is 0 Å². The van der Waals surface area contributed by atoms with Gasteiger partial charge in [-0.15, -0.1) is 24.2 Å². The maximum absolute atomic E-state index is 6.48. The van der Waals surface area contributed by atoms with E-state index in [4.69, 9.17) is 27.9 Å². The molecule has 0 spiro atoms. The Bertz CT molecular complexity index is 470. The van der Waals surface area contributed by atoms with Crippen LogP contribution in [0.4, 0.5) is 0 Å². The first-order valence-electron chi connectivity index (χ1n) is 8.13. The molecule has 130 valence electrons. The predicted molar refractivity (Wildman–Crippen MR) is 103 cm³/mol. The van der Waals surface area contributed by atoms with Gasteiger partial charge in [-0.2, -0.15) is 0 Å². The molecule has 1 atom stereocenters. The molecular formula is C17H24Cl3NOS. The fraction of sp³-hybridized carbons (Fsp3) is 0.647. The lowest BCUT2D eigenvalue weighted by Gasteiger charge is -2.31. The second kappa shape index (κ2) is 9.74. The highest BCUT2D eigenvalue weighted by Gasteiger charge is 2.27. The van der Waals surface area contributed by atoms with E-state index in [-0.39, 0.29) is 18.5 Å². The van der Waals surface area contributed by atoms with Crippen molar-refractivity contribution in [2.45, 2.75) is 44.3 Å². The van der Waals surface area contributed by atoms with Crippen LogP contribution in [0.15, 0.2) is 18.2 Å². The van der Waals surface area contributed by atoms with Crippen molar-refractivity contribution in [3.05, 3.63) is 33.8 Å². The Morgan fingerprint density at radius 1 is 1.17 bits per heavy atom. The topological polar surface area (TPSA) is 12.5 Å². The molecule has 3 rings (SSSR count). The van der Waals surface area contributed by atoms with Crippen LogP contribution in [0.2, 0.25) is 10.0 Å². The number of hydrogen-bond donors (Lipinski definition) is 0. The van der Waals surface area contributed by atoms with E-state index < -0.39 is 0 Å². The Hall–Kier alpha value is 0.360. The molecule has 23 heavy (non-hydrogen) atoms. The van der Waals surface area contributed by atoms with Crippen molar-refractivity contribution in [3.8, 4) is 0 Å². The quantitative estimate of drug-likeness (QED) is 0.623. The van der Waals surface area contributed by atoms with Crippen LogP contribution in [0.3, 0.4) is 0 Å². The third kappa shape index (κ3) is 5.42. The monoisotopic (exact) mass is 395 g/mol. The lowest BCUT2D eigenvalue weighted by Crippen LogP contribution is -2.30. The summed E-state index contributed by atoms with van der Waals surface area (Å²) < 4.78 is 6.48. The van der Waals surface area contributed by atoms with Crippen molar-refractivity contribution >= 4 is 47.4 Å². The molecule has 6 heteroatoms. The summed E-state index contributed by atoms with van der Waals surface area (Å²) in [7, 11) is 0. The van der Waals surface area contributed by atoms with E-state index in [2.05, 4.69) is 4.90 Å². The SMILES string of the molecule is Cl.Clc1cccc(Cl)c1C(CN1CCSC1)OC1CCCCC1. The van der Waals surface area contributed by atoms with Gasteiger partial charge < -0.3 is 4.74 Å². The molecule has 1 saturated carbocycles. The highest BCUT2D eigenvalue weighted by molar-refractivity contribution is 7.99. The molecule has 2 fully saturated rings. The first-order chi connectivity index (χ1) is 10.7. The zero-order chi connectivity index (χ0) is 15.4. The summed E-state index contributed by atoms with van der Waals surface area (Å²) in [5.74, 6) is 2.28. The normalized spacial score (nSPS) is 21.1. The molecule has 0 aromatic heterocycles. The summed E-state index contributed by atoms with van der Waals surface area (Å²) in [6, 6.07) is 5.73. The van der Waals surface area contributed by atoms with Crippen LogP contribution in [-0.2, 0) is 4.74 Å². The van der Waals surface area contributed by atoms with Gasteiger partial charge in [-0.25, -0.2) is 0 Å². The van der Waals surface area contributed by atoms with Gasteiger partial charge in [0, 0.05) is 40.3 Å². The van der Waals surface area contributed by atoms with E-state index in [0.29, 0.717) is 6.10 Å². The molecule has 2 aliphatic rings. The molecule has 2 nitrogen and oxygen atoms in total. The summed E-state index contributed by atoms with van der Waals surface area (Å²) in [6.45, 7) is 2.00. The van der Waals surface area contributed by atoms with E-state index in [0.717, 1.165) is 47.4 Å². The van der Waals surface area contributed by atoms with E-state index in [1.54, 1.807) is 0 Å². The highest BCUT2D eigenvalue weighted by atomic mass is 35.5. The Morgan fingerprint density at radius 2 is 1.87 bits per heavy atom. The minimum Gasteiger partial charge on any atom is -0.369 e. The Balaban J connectivity index is 0.00000192.